The monoisotopic (exact) mass is 339 g/mol. The number of nitrogens with zero attached hydrogens (tertiary/aromatic N) is 3. The first-order chi connectivity index (χ1) is 8.09. The van der Waals surface area contributed by atoms with Crippen LogP contribution in [-0.4, -0.2) is 30.3 Å². The lowest BCUT2D eigenvalue weighted by molar-refractivity contribution is 0.643. The van der Waals surface area contributed by atoms with Gasteiger partial charge in [-0.3, -0.25) is 4.98 Å². The van der Waals surface area contributed by atoms with Crippen molar-refractivity contribution >= 4 is 45.5 Å². The van der Waals surface area contributed by atoms with Crippen LogP contribution in [0.3, 0.4) is 0 Å². The number of aromatic nitrogens is 1. The molecule has 1 aromatic heterocycles. The molecule has 0 amide bonds. The maximum atomic E-state index is 4.53. The molecule has 0 aliphatic heterocycles. The van der Waals surface area contributed by atoms with Crippen molar-refractivity contribution in [1.29, 1.82) is 0 Å². The van der Waals surface area contributed by atoms with Crippen LogP contribution in [0.25, 0.3) is 10.9 Å². The molecule has 0 saturated heterocycles. The van der Waals surface area contributed by atoms with E-state index in [9.17, 15) is 0 Å². The van der Waals surface area contributed by atoms with E-state index in [0.29, 0.717) is 0 Å². The van der Waals surface area contributed by atoms with Crippen molar-refractivity contribution in [3.8, 4) is 0 Å². The van der Waals surface area contributed by atoms with Crippen LogP contribution in [0, 0.1) is 10.5 Å². The molecular formula is C13H14IN3. The molecule has 2 rings (SSSR count). The summed E-state index contributed by atoms with van der Waals surface area (Å²) in [6, 6.07) is 6.14. The van der Waals surface area contributed by atoms with Crippen molar-refractivity contribution in [2.24, 2.45) is 4.99 Å². The quantitative estimate of drug-likeness (QED) is 0.477. The van der Waals surface area contributed by atoms with Crippen LogP contribution >= 0.6 is 22.6 Å². The van der Waals surface area contributed by atoms with Crippen LogP contribution in [0.2, 0.25) is 0 Å². The van der Waals surface area contributed by atoms with Crippen LogP contribution in [0.5, 0.6) is 0 Å². The van der Waals surface area contributed by atoms with Gasteiger partial charge in [-0.15, -0.1) is 0 Å². The van der Waals surface area contributed by atoms with Gasteiger partial charge in [0.25, 0.3) is 0 Å². The minimum absolute atomic E-state index is 0.994. The Labute approximate surface area is 115 Å². The third kappa shape index (κ3) is 2.57. The van der Waals surface area contributed by atoms with Gasteiger partial charge >= 0.3 is 0 Å². The number of hydrogen-bond donors (Lipinski definition) is 0. The van der Waals surface area contributed by atoms with Gasteiger partial charge < -0.3 is 4.90 Å². The average molecular weight is 339 g/mol. The number of halogens is 1. The van der Waals surface area contributed by atoms with Crippen molar-refractivity contribution in [2.75, 3.05) is 14.1 Å². The summed E-state index contributed by atoms with van der Waals surface area (Å²) in [6.07, 6.45) is 3.64. The number of aryl methyl sites for hydroxylation is 1. The summed E-state index contributed by atoms with van der Waals surface area (Å²) in [4.78, 5) is 10.9. The highest BCUT2D eigenvalue weighted by molar-refractivity contribution is 14.1. The minimum Gasteiger partial charge on any atom is -0.369 e. The van der Waals surface area contributed by atoms with Gasteiger partial charge in [0.2, 0.25) is 0 Å². The summed E-state index contributed by atoms with van der Waals surface area (Å²) < 4.78 is 1.15. The molecule has 17 heavy (non-hydrogen) atoms. The Hall–Kier alpha value is -1.17. The van der Waals surface area contributed by atoms with Crippen molar-refractivity contribution in [1.82, 2.24) is 9.88 Å². The van der Waals surface area contributed by atoms with Gasteiger partial charge in [0.1, 0.15) is 0 Å². The molecule has 1 heterocycles. The lowest BCUT2D eigenvalue weighted by Gasteiger charge is -2.08. The van der Waals surface area contributed by atoms with Gasteiger partial charge in [0.15, 0.2) is 0 Å². The number of hydrogen-bond acceptors (Lipinski definition) is 2. The SMILES string of the molecule is Cc1cc(I)c(N=CN(C)C)c2cccnc12. The Morgan fingerprint density at radius 1 is 1.41 bits per heavy atom. The molecule has 0 radical (unpaired) electrons. The Morgan fingerprint density at radius 3 is 2.88 bits per heavy atom. The van der Waals surface area contributed by atoms with E-state index in [-0.39, 0.29) is 0 Å². The van der Waals surface area contributed by atoms with E-state index < -0.39 is 0 Å². The van der Waals surface area contributed by atoms with Gasteiger partial charge in [-0.25, -0.2) is 4.99 Å². The van der Waals surface area contributed by atoms with Gasteiger partial charge in [0, 0.05) is 29.2 Å². The fraction of sp³-hybridized carbons (Fsp3) is 0.231. The molecule has 0 N–H and O–H groups in total. The number of rotatable bonds is 2. The third-order valence-electron chi connectivity index (χ3n) is 2.42. The van der Waals surface area contributed by atoms with E-state index in [1.807, 2.05) is 37.6 Å². The fourth-order valence-corrected chi connectivity index (χ4v) is 2.57. The largest absolute Gasteiger partial charge is 0.369 e. The first-order valence-corrected chi connectivity index (χ1v) is 6.42. The lowest BCUT2D eigenvalue weighted by atomic mass is 10.1. The van der Waals surface area contributed by atoms with Crippen molar-refractivity contribution in [3.05, 3.63) is 33.5 Å². The number of fused-ring (bicyclic) bond motifs is 1. The maximum absolute atomic E-state index is 4.53. The summed E-state index contributed by atoms with van der Waals surface area (Å²) in [7, 11) is 3.93. The Morgan fingerprint density at radius 2 is 2.18 bits per heavy atom. The molecule has 0 saturated carbocycles. The molecule has 0 aliphatic carbocycles. The Bertz CT molecular complexity index is 576. The van der Waals surface area contributed by atoms with Crippen LogP contribution in [0.4, 0.5) is 5.69 Å². The van der Waals surface area contributed by atoms with Crippen LogP contribution in [0.1, 0.15) is 5.56 Å². The summed E-state index contributed by atoms with van der Waals surface area (Å²) in [5.41, 5.74) is 3.21. The molecule has 4 heteroatoms. The highest BCUT2D eigenvalue weighted by Crippen LogP contribution is 2.32. The molecule has 0 fully saturated rings. The Balaban J connectivity index is 2.69. The lowest BCUT2D eigenvalue weighted by Crippen LogP contribution is -2.07. The predicted octanol–water partition coefficient (Wildman–Crippen LogP) is 3.37. The molecule has 0 unspecified atom stereocenters. The smallest absolute Gasteiger partial charge is 0.0907 e. The number of aliphatic imine (C=N–C) groups is 1. The van der Waals surface area contributed by atoms with Crippen molar-refractivity contribution < 1.29 is 0 Å². The van der Waals surface area contributed by atoms with E-state index in [1.54, 1.807) is 0 Å². The molecular weight excluding hydrogens is 325 g/mol. The number of benzene rings is 1. The topological polar surface area (TPSA) is 28.5 Å². The van der Waals surface area contributed by atoms with E-state index in [2.05, 4.69) is 51.6 Å². The zero-order valence-corrected chi connectivity index (χ0v) is 12.3. The average Bonchev–Trinajstić information content (AvgIpc) is 2.28. The van der Waals surface area contributed by atoms with E-state index in [4.69, 9.17) is 0 Å². The third-order valence-corrected chi connectivity index (χ3v) is 3.25. The van der Waals surface area contributed by atoms with Gasteiger partial charge in [0.05, 0.1) is 17.5 Å². The zero-order valence-electron chi connectivity index (χ0n) is 10.1. The Kier molecular flexibility index (Phi) is 3.61. The summed E-state index contributed by atoms with van der Waals surface area (Å²) in [5.74, 6) is 0. The molecule has 2 aromatic rings. The maximum Gasteiger partial charge on any atom is 0.0907 e. The first kappa shape index (κ1) is 12.3. The van der Waals surface area contributed by atoms with Gasteiger partial charge in [-0.2, -0.15) is 0 Å². The summed E-state index contributed by atoms with van der Waals surface area (Å²) in [5, 5.41) is 1.11. The molecule has 0 spiro atoms. The normalized spacial score (nSPS) is 11.3. The summed E-state index contributed by atoms with van der Waals surface area (Å²) in [6.45, 7) is 2.08. The van der Waals surface area contributed by atoms with Gasteiger partial charge in [-0.1, -0.05) is 0 Å². The molecule has 0 atom stereocenters. The molecule has 0 aliphatic rings. The molecule has 1 aromatic carbocycles. The zero-order chi connectivity index (χ0) is 12.4. The highest BCUT2D eigenvalue weighted by Gasteiger charge is 2.07. The molecule has 3 nitrogen and oxygen atoms in total. The summed E-state index contributed by atoms with van der Waals surface area (Å²) >= 11 is 2.32. The predicted molar refractivity (Wildman–Crippen MR) is 81.0 cm³/mol. The van der Waals surface area contributed by atoms with Crippen LogP contribution in [-0.2, 0) is 0 Å². The van der Waals surface area contributed by atoms with Crippen LogP contribution < -0.4 is 0 Å². The first-order valence-electron chi connectivity index (χ1n) is 5.34. The molecule has 0 bridgehead atoms. The van der Waals surface area contributed by atoms with Gasteiger partial charge in [-0.05, 0) is 53.3 Å². The second kappa shape index (κ2) is 5.00. The van der Waals surface area contributed by atoms with Crippen molar-refractivity contribution in [2.45, 2.75) is 6.92 Å². The molecule has 88 valence electrons. The van der Waals surface area contributed by atoms with Crippen LogP contribution in [0.15, 0.2) is 29.4 Å². The fourth-order valence-electron chi connectivity index (χ4n) is 1.67. The van der Waals surface area contributed by atoms with E-state index in [0.717, 1.165) is 20.2 Å². The standard InChI is InChI=1S/C13H14IN3/c1-9-7-11(14)13(16-8-17(2)3)10-5-4-6-15-12(9)10/h4-8H,1-3H3. The second-order valence-electron chi connectivity index (χ2n) is 4.13. The van der Waals surface area contributed by atoms with E-state index in [1.165, 1.54) is 5.56 Å². The minimum atomic E-state index is 0.994. The van der Waals surface area contributed by atoms with E-state index >= 15 is 0 Å². The number of pyridine rings is 1. The highest BCUT2D eigenvalue weighted by atomic mass is 127. The van der Waals surface area contributed by atoms with Crippen molar-refractivity contribution in [3.63, 3.8) is 0 Å². The second-order valence-corrected chi connectivity index (χ2v) is 5.29.